The number of thiophene rings is 1. The Balaban J connectivity index is 1.59. The first-order valence-electron chi connectivity index (χ1n) is 10.8. The molecular formula is C25H26FN3O2S. The second kappa shape index (κ2) is 10.5. The van der Waals surface area contributed by atoms with Crippen molar-refractivity contribution in [1.82, 2.24) is 15.2 Å². The molecular weight excluding hydrogens is 425 g/mol. The van der Waals surface area contributed by atoms with E-state index in [1.807, 2.05) is 46.8 Å². The number of halogens is 1. The van der Waals surface area contributed by atoms with Crippen LogP contribution in [0.15, 0.2) is 66.3 Å². The van der Waals surface area contributed by atoms with Gasteiger partial charge in [0.15, 0.2) is 0 Å². The summed E-state index contributed by atoms with van der Waals surface area (Å²) in [5.41, 5.74) is 2.48. The number of alkyl halides is 1. The van der Waals surface area contributed by atoms with Crippen LogP contribution in [0.4, 0.5) is 4.39 Å². The average molecular weight is 452 g/mol. The van der Waals surface area contributed by atoms with Crippen molar-refractivity contribution in [2.45, 2.75) is 44.4 Å². The summed E-state index contributed by atoms with van der Waals surface area (Å²) in [6.07, 6.45) is 6.72. The highest BCUT2D eigenvalue weighted by atomic mass is 32.1. The van der Waals surface area contributed by atoms with Crippen LogP contribution >= 0.6 is 11.3 Å². The lowest BCUT2D eigenvalue weighted by Crippen LogP contribution is -2.51. The number of carbonyl (C=O) groups is 2. The summed E-state index contributed by atoms with van der Waals surface area (Å²) in [7, 11) is 0. The van der Waals surface area contributed by atoms with Gasteiger partial charge in [0, 0.05) is 25.4 Å². The Hall–Kier alpha value is -3.06. The number of rotatable bonds is 7. The largest absolute Gasteiger partial charge is 0.339 e. The van der Waals surface area contributed by atoms with Crippen molar-refractivity contribution >= 4 is 23.2 Å². The van der Waals surface area contributed by atoms with Gasteiger partial charge in [-0.15, -0.1) is 11.3 Å². The lowest BCUT2D eigenvalue weighted by molar-refractivity contribution is -0.137. The summed E-state index contributed by atoms with van der Waals surface area (Å²) in [5.74, 6) is -0.355. The van der Waals surface area contributed by atoms with Crippen molar-refractivity contribution in [3.05, 3.63) is 87.9 Å². The zero-order chi connectivity index (χ0) is 22.3. The van der Waals surface area contributed by atoms with Crippen molar-refractivity contribution in [2.24, 2.45) is 0 Å². The molecule has 0 saturated carbocycles. The second-order valence-corrected chi connectivity index (χ2v) is 8.93. The van der Waals surface area contributed by atoms with Crippen molar-refractivity contribution in [3.63, 3.8) is 0 Å². The van der Waals surface area contributed by atoms with E-state index in [2.05, 4.69) is 10.3 Å². The van der Waals surface area contributed by atoms with Gasteiger partial charge in [-0.25, -0.2) is 4.39 Å². The monoisotopic (exact) mass is 451 g/mol. The van der Waals surface area contributed by atoms with Crippen LogP contribution in [-0.2, 0) is 17.9 Å². The molecule has 3 aromatic rings. The zero-order valence-corrected chi connectivity index (χ0v) is 18.6. The Kier molecular flexibility index (Phi) is 7.27. The summed E-state index contributed by atoms with van der Waals surface area (Å²) in [6, 6.07) is 13.8. The number of hydrogen-bond acceptors (Lipinski definition) is 4. The van der Waals surface area contributed by atoms with Gasteiger partial charge in [-0.2, -0.15) is 0 Å². The molecule has 0 aliphatic carbocycles. The third-order valence-electron chi connectivity index (χ3n) is 5.82. The Morgan fingerprint density at radius 3 is 2.62 bits per heavy atom. The first kappa shape index (κ1) is 22.1. The van der Waals surface area contributed by atoms with E-state index in [0.717, 1.165) is 30.4 Å². The fourth-order valence-corrected chi connectivity index (χ4v) is 4.78. The molecule has 1 saturated heterocycles. The van der Waals surface area contributed by atoms with E-state index in [1.165, 1.54) is 11.3 Å². The van der Waals surface area contributed by atoms with Crippen LogP contribution in [0.3, 0.4) is 0 Å². The van der Waals surface area contributed by atoms with Gasteiger partial charge >= 0.3 is 0 Å². The normalized spacial score (nSPS) is 17.0. The number of likely N-dealkylation sites (tertiary alicyclic amines) is 1. The second-order valence-electron chi connectivity index (χ2n) is 7.99. The van der Waals surface area contributed by atoms with Gasteiger partial charge < -0.3 is 10.2 Å². The minimum absolute atomic E-state index is 0.0556. The minimum Gasteiger partial charge on any atom is -0.339 e. The van der Waals surface area contributed by atoms with E-state index < -0.39 is 12.7 Å². The third kappa shape index (κ3) is 5.22. The molecule has 3 heterocycles. The number of piperidine rings is 1. The number of benzene rings is 1. The Morgan fingerprint density at radius 2 is 1.94 bits per heavy atom. The molecule has 1 aliphatic heterocycles. The van der Waals surface area contributed by atoms with Crippen LogP contribution in [0.5, 0.6) is 0 Å². The number of carbonyl (C=O) groups excluding carboxylic acids is 2. The Labute approximate surface area is 191 Å². The molecule has 1 aliphatic rings. The molecule has 1 N–H and O–H groups in total. The number of hydrogen-bond donors (Lipinski definition) is 1. The molecule has 7 heteroatoms. The van der Waals surface area contributed by atoms with Gasteiger partial charge in [0.25, 0.3) is 5.91 Å². The first-order chi connectivity index (χ1) is 15.7. The van der Waals surface area contributed by atoms with E-state index in [-0.39, 0.29) is 17.9 Å². The van der Waals surface area contributed by atoms with Crippen LogP contribution in [0.2, 0.25) is 0 Å². The predicted molar refractivity (Wildman–Crippen MR) is 123 cm³/mol. The SMILES string of the molecule is O=C(N[C@@H](Cc1ccc(CF)cc1)C(=O)N1CCCC[C@@H]1c1cccnc1)c1cccs1. The van der Waals surface area contributed by atoms with Crippen molar-refractivity contribution < 1.29 is 14.0 Å². The van der Waals surface area contributed by atoms with E-state index >= 15 is 0 Å². The summed E-state index contributed by atoms with van der Waals surface area (Å²) in [6.45, 7) is 0.114. The van der Waals surface area contributed by atoms with Crippen LogP contribution in [0.1, 0.15) is 51.7 Å². The highest BCUT2D eigenvalue weighted by Gasteiger charge is 2.33. The summed E-state index contributed by atoms with van der Waals surface area (Å²) >= 11 is 1.34. The topological polar surface area (TPSA) is 62.3 Å². The fraction of sp³-hybridized carbons (Fsp3) is 0.320. The number of pyridine rings is 1. The molecule has 5 nitrogen and oxygen atoms in total. The van der Waals surface area contributed by atoms with E-state index in [9.17, 15) is 14.0 Å². The fourth-order valence-electron chi connectivity index (χ4n) is 4.15. The standard InChI is InChI=1S/C25H26FN3O2S/c26-16-19-10-8-18(9-11-19)15-21(28-24(30)23-7-4-14-32-23)25(31)29-13-2-1-6-22(29)20-5-3-12-27-17-20/h3-5,7-12,14,17,21-22H,1-2,6,13,15-16H2,(H,28,30)/t21-,22+/m0/s1. The number of aromatic nitrogens is 1. The van der Waals surface area contributed by atoms with Crippen LogP contribution in [0, 0.1) is 0 Å². The molecule has 32 heavy (non-hydrogen) atoms. The molecule has 0 bridgehead atoms. The average Bonchev–Trinajstić information content (AvgIpc) is 3.39. The highest BCUT2D eigenvalue weighted by molar-refractivity contribution is 7.12. The van der Waals surface area contributed by atoms with E-state index in [4.69, 9.17) is 0 Å². The number of nitrogens with zero attached hydrogens (tertiary/aromatic N) is 2. The quantitative estimate of drug-likeness (QED) is 0.566. The van der Waals surface area contributed by atoms with Crippen LogP contribution in [0.25, 0.3) is 0 Å². The van der Waals surface area contributed by atoms with Crippen molar-refractivity contribution in [1.29, 1.82) is 0 Å². The lowest BCUT2D eigenvalue weighted by Gasteiger charge is -2.38. The lowest BCUT2D eigenvalue weighted by atomic mass is 9.94. The molecule has 1 aromatic carbocycles. The van der Waals surface area contributed by atoms with E-state index in [0.29, 0.717) is 23.4 Å². The maximum absolute atomic E-state index is 13.7. The molecule has 4 rings (SSSR count). The van der Waals surface area contributed by atoms with Gasteiger partial charge in [-0.05, 0) is 53.5 Å². The van der Waals surface area contributed by atoms with Gasteiger partial charge in [0.1, 0.15) is 12.7 Å². The number of nitrogens with one attached hydrogen (secondary N) is 1. The predicted octanol–water partition coefficient (Wildman–Crippen LogP) is 4.71. The molecule has 0 radical (unpaired) electrons. The Bertz CT molecular complexity index is 1030. The maximum atomic E-state index is 13.7. The summed E-state index contributed by atoms with van der Waals surface area (Å²) in [4.78, 5) is 33.2. The molecule has 2 atom stereocenters. The number of amides is 2. The zero-order valence-electron chi connectivity index (χ0n) is 17.7. The molecule has 2 amide bonds. The van der Waals surface area contributed by atoms with Gasteiger partial charge in [-0.1, -0.05) is 36.4 Å². The molecule has 0 spiro atoms. The van der Waals surface area contributed by atoms with Crippen LogP contribution in [-0.4, -0.2) is 34.3 Å². The van der Waals surface area contributed by atoms with Gasteiger partial charge in [-0.3, -0.25) is 14.6 Å². The van der Waals surface area contributed by atoms with Gasteiger partial charge in [0.05, 0.1) is 10.9 Å². The molecule has 166 valence electrons. The van der Waals surface area contributed by atoms with Gasteiger partial charge in [0.2, 0.25) is 5.91 Å². The third-order valence-corrected chi connectivity index (χ3v) is 6.69. The molecule has 2 aromatic heterocycles. The minimum atomic E-state index is -0.710. The van der Waals surface area contributed by atoms with Crippen molar-refractivity contribution in [3.8, 4) is 0 Å². The maximum Gasteiger partial charge on any atom is 0.262 e. The smallest absolute Gasteiger partial charge is 0.262 e. The highest BCUT2D eigenvalue weighted by Crippen LogP contribution is 2.31. The summed E-state index contributed by atoms with van der Waals surface area (Å²) < 4.78 is 12.9. The summed E-state index contributed by atoms with van der Waals surface area (Å²) in [5, 5.41) is 4.79. The van der Waals surface area contributed by atoms with Crippen LogP contribution < -0.4 is 5.32 Å². The van der Waals surface area contributed by atoms with E-state index in [1.54, 1.807) is 24.4 Å². The first-order valence-corrected chi connectivity index (χ1v) is 11.7. The van der Waals surface area contributed by atoms with Crippen molar-refractivity contribution in [2.75, 3.05) is 6.54 Å². The molecule has 1 fully saturated rings. The molecule has 0 unspecified atom stereocenters. The Morgan fingerprint density at radius 1 is 1.12 bits per heavy atom.